The molecule has 0 aromatic carbocycles. The molecule has 0 aromatic rings. The summed E-state index contributed by atoms with van der Waals surface area (Å²) in [6.07, 6.45) is 3.17. The average molecular weight is 181 g/mol. The lowest BCUT2D eigenvalue weighted by Gasteiger charge is -2.06. The molecule has 13 heavy (non-hydrogen) atoms. The van der Waals surface area contributed by atoms with Crippen molar-refractivity contribution in [2.75, 3.05) is 7.11 Å². The summed E-state index contributed by atoms with van der Waals surface area (Å²) < 4.78 is 4.59. The fraction of sp³-hybridized carbons (Fsp3) is 0.300. The van der Waals surface area contributed by atoms with Gasteiger partial charge in [0.25, 0.3) is 0 Å². The van der Waals surface area contributed by atoms with Crippen LogP contribution in [0.2, 0.25) is 0 Å². The lowest BCUT2D eigenvalue weighted by Crippen LogP contribution is -2.09. The van der Waals surface area contributed by atoms with Crippen LogP contribution in [0.4, 0.5) is 0 Å². The third-order valence-electron chi connectivity index (χ3n) is 1.75. The second-order valence-electron chi connectivity index (χ2n) is 2.48. The monoisotopic (exact) mass is 181 g/mol. The first kappa shape index (κ1) is 11.5. The third-order valence-corrected chi connectivity index (χ3v) is 1.75. The summed E-state index contributed by atoms with van der Waals surface area (Å²) in [6.45, 7) is 7.03. The molecular weight excluding hydrogens is 166 g/mol. The molecule has 0 amide bonds. The first-order valence-corrected chi connectivity index (χ1v) is 3.92. The van der Waals surface area contributed by atoms with Crippen LogP contribution in [0.15, 0.2) is 35.6 Å². The van der Waals surface area contributed by atoms with Gasteiger partial charge in [0.05, 0.1) is 12.7 Å². The predicted molar refractivity (Wildman–Crippen MR) is 52.9 cm³/mol. The molecule has 0 saturated carbocycles. The molecule has 0 rings (SSSR count). The Hall–Kier alpha value is -1.51. The maximum Gasteiger partial charge on any atom is 0.337 e. The maximum absolute atomic E-state index is 11.2. The van der Waals surface area contributed by atoms with E-state index in [1.807, 2.05) is 0 Å². The van der Waals surface area contributed by atoms with Crippen molar-refractivity contribution in [3.05, 3.63) is 35.6 Å². The number of allylic oxidation sites excluding steroid dienone is 2. The summed E-state index contributed by atoms with van der Waals surface area (Å²) in [6, 6.07) is 0. The number of carbonyl (C=O) groups excluding carboxylic acids is 1. The summed E-state index contributed by atoms with van der Waals surface area (Å²) in [5, 5.41) is 0. The minimum Gasteiger partial charge on any atom is -0.465 e. The van der Waals surface area contributed by atoms with Crippen molar-refractivity contribution in [1.29, 1.82) is 0 Å². The van der Waals surface area contributed by atoms with Gasteiger partial charge in [0.2, 0.25) is 0 Å². The fourth-order valence-electron chi connectivity index (χ4n) is 0.906. The first-order chi connectivity index (χ1) is 6.08. The van der Waals surface area contributed by atoms with Gasteiger partial charge in [-0.1, -0.05) is 12.7 Å². The molecule has 0 heterocycles. The zero-order valence-electron chi connectivity index (χ0n) is 8.26. The molecule has 3 nitrogen and oxygen atoms in total. The second-order valence-corrected chi connectivity index (χ2v) is 2.48. The van der Waals surface area contributed by atoms with E-state index >= 15 is 0 Å². The Morgan fingerprint density at radius 2 is 2.08 bits per heavy atom. The van der Waals surface area contributed by atoms with Crippen LogP contribution in [0, 0.1) is 0 Å². The molecule has 0 atom stereocenters. The van der Waals surface area contributed by atoms with Gasteiger partial charge >= 0.3 is 5.97 Å². The number of carbonyl (C=O) groups is 1. The molecule has 0 spiro atoms. The number of ether oxygens (including phenoxy) is 1. The molecular formula is C10H15NO2. The van der Waals surface area contributed by atoms with Crippen molar-refractivity contribution in [2.45, 2.75) is 13.8 Å². The Balaban J connectivity index is 5.03. The van der Waals surface area contributed by atoms with E-state index < -0.39 is 0 Å². The minimum absolute atomic E-state index is 0.384. The van der Waals surface area contributed by atoms with E-state index in [9.17, 15) is 4.79 Å². The Morgan fingerprint density at radius 3 is 2.38 bits per heavy atom. The van der Waals surface area contributed by atoms with Gasteiger partial charge in [-0.2, -0.15) is 0 Å². The predicted octanol–water partition coefficient (Wildman–Crippen LogP) is 1.52. The summed E-state index contributed by atoms with van der Waals surface area (Å²) >= 11 is 0. The number of nitrogens with two attached hydrogens (primary N) is 1. The quantitative estimate of drug-likeness (QED) is 0.408. The van der Waals surface area contributed by atoms with E-state index in [2.05, 4.69) is 11.3 Å². The van der Waals surface area contributed by atoms with Crippen LogP contribution in [0.1, 0.15) is 13.8 Å². The third kappa shape index (κ3) is 2.78. The Kier molecular flexibility index (Phi) is 4.59. The van der Waals surface area contributed by atoms with Gasteiger partial charge in [-0.05, 0) is 25.5 Å². The van der Waals surface area contributed by atoms with Gasteiger partial charge in [0, 0.05) is 5.70 Å². The number of hydrogen-bond acceptors (Lipinski definition) is 3. The van der Waals surface area contributed by atoms with Gasteiger partial charge in [-0.15, -0.1) is 0 Å². The number of hydrogen-bond donors (Lipinski definition) is 1. The standard InChI is InChI=1S/C10H15NO2/c1-5-8(10(12)13-4)7(3)9(11)6-2/h5-6H,2,11H2,1,3-4H3/b8-5+,9-7+. The van der Waals surface area contributed by atoms with Crippen molar-refractivity contribution in [3.8, 4) is 0 Å². The minimum atomic E-state index is -0.384. The summed E-state index contributed by atoms with van der Waals surface area (Å²) in [7, 11) is 1.34. The Labute approximate surface area is 78.6 Å². The highest BCUT2D eigenvalue weighted by Crippen LogP contribution is 2.13. The zero-order valence-corrected chi connectivity index (χ0v) is 8.26. The van der Waals surface area contributed by atoms with Crippen LogP contribution in [0.3, 0.4) is 0 Å². The van der Waals surface area contributed by atoms with Crippen LogP contribution in [0.25, 0.3) is 0 Å². The van der Waals surface area contributed by atoms with Crippen molar-refractivity contribution in [1.82, 2.24) is 0 Å². The van der Waals surface area contributed by atoms with E-state index in [0.717, 1.165) is 0 Å². The molecule has 0 radical (unpaired) electrons. The van der Waals surface area contributed by atoms with E-state index in [1.165, 1.54) is 13.2 Å². The highest BCUT2D eigenvalue weighted by molar-refractivity contribution is 5.93. The summed E-state index contributed by atoms with van der Waals surface area (Å²) in [5.74, 6) is -0.384. The number of rotatable bonds is 3. The molecule has 0 unspecified atom stereocenters. The van der Waals surface area contributed by atoms with Gasteiger partial charge in [0.15, 0.2) is 0 Å². The van der Waals surface area contributed by atoms with Crippen molar-refractivity contribution in [2.24, 2.45) is 5.73 Å². The lowest BCUT2D eigenvalue weighted by molar-refractivity contribution is -0.135. The molecule has 0 bridgehead atoms. The normalized spacial score (nSPS) is 13.3. The van der Waals surface area contributed by atoms with Crippen LogP contribution in [-0.2, 0) is 9.53 Å². The second kappa shape index (κ2) is 5.19. The molecule has 0 aliphatic rings. The Bertz CT molecular complexity index is 275. The zero-order chi connectivity index (χ0) is 10.4. The largest absolute Gasteiger partial charge is 0.465 e. The van der Waals surface area contributed by atoms with Gasteiger partial charge in [-0.25, -0.2) is 4.79 Å². The van der Waals surface area contributed by atoms with Crippen LogP contribution >= 0.6 is 0 Å². The highest BCUT2D eigenvalue weighted by atomic mass is 16.5. The molecule has 0 saturated heterocycles. The maximum atomic E-state index is 11.2. The van der Waals surface area contributed by atoms with Gasteiger partial charge in [0.1, 0.15) is 0 Å². The topological polar surface area (TPSA) is 52.3 Å². The highest BCUT2D eigenvalue weighted by Gasteiger charge is 2.11. The number of esters is 1. The van der Waals surface area contributed by atoms with E-state index in [4.69, 9.17) is 5.73 Å². The summed E-state index contributed by atoms with van der Waals surface area (Å²) in [5.41, 5.74) is 7.24. The van der Waals surface area contributed by atoms with Gasteiger partial charge < -0.3 is 10.5 Å². The molecule has 0 fully saturated rings. The van der Waals surface area contributed by atoms with Crippen LogP contribution in [0.5, 0.6) is 0 Å². The summed E-state index contributed by atoms with van der Waals surface area (Å²) in [4.78, 5) is 11.2. The molecule has 72 valence electrons. The average Bonchev–Trinajstić information content (AvgIpc) is 2.17. The molecule has 3 heteroatoms. The van der Waals surface area contributed by atoms with Crippen molar-refractivity contribution >= 4 is 5.97 Å². The van der Waals surface area contributed by atoms with Crippen LogP contribution in [-0.4, -0.2) is 13.1 Å². The van der Waals surface area contributed by atoms with Gasteiger partial charge in [-0.3, -0.25) is 0 Å². The fourth-order valence-corrected chi connectivity index (χ4v) is 0.906. The molecule has 0 aliphatic carbocycles. The van der Waals surface area contributed by atoms with E-state index in [-0.39, 0.29) is 5.97 Å². The molecule has 0 aliphatic heterocycles. The Morgan fingerprint density at radius 1 is 1.54 bits per heavy atom. The van der Waals surface area contributed by atoms with Crippen LogP contribution < -0.4 is 5.73 Å². The van der Waals surface area contributed by atoms with E-state index in [0.29, 0.717) is 16.8 Å². The number of methoxy groups -OCH3 is 1. The van der Waals surface area contributed by atoms with Crippen molar-refractivity contribution < 1.29 is 9.53 Å². The first-order valence-electron chi connectivity index (χ1n) is 3.92. The lowest BCUT2D eigenvalue weighted by atomic mass is 10.1. The smallest absolute Gasteiger partial charge is 0.337 e. The SMILES string of the molecule is C=C/C(N)=C(C)\C(=C/C)C(=O)OC. The molecule has 2 N–H and O–H groups in total. The molecule has 0 aromatic heterocycles. The van der Waals surface area contributed by atoms with Crippen molar-refractivity contribution in [3.63, 3.8) is 0 Å². The van der Waals surface area contributed by atoms with E-state index in [1.54, 1.807) is 19.9 Å².